The van der Waals surface area contributed by atoms with Crippen molar-refractivity contribution in [3.05, 3.63) is 46.8 Å². The number of hydrogen-bond acceptors (Lipinski definition) is 4. The molecule has 2 aromatic rings. The monoisotopic (exact) mass is 299 g/mol. The number of aromatic nitrogens is 3. The molecule has 0 amide bonds. The van der Waals surface area contributed by atoms with Crippen LogP contribution in [-0.4, -0.2) is 20.8 Å². The van der Waals surface area contributed by atoms with Crippen LogP contribution in [0.3, 0.4) is 0 Å². The lowest BCUT2D eigenvalue weighted by molar-refractivity contribution is 0.355. The van der Waals surface area contributed by atoms with E-state index in [4.69, 9.17) is 5.26 Å². The molecule has 1 aliphatic rings. The molecule has 0 unspecified atom stereocenters. The molecule has 22 heavy (non-hydrogen) atoms. The Morgan fingerprint density at radius 3 is 3.09 bits per heavy atom. The summed E-state index contributed by atoms with van der Waals surface area (Å²) in [5.41, 5.74) is 0.927. The van der Waals surface area contributed by atoms with Crippen LogP contribution >= 0.6 is 0 Å². The van der Waals surface area contributed by atoms with Crippen LogP contribution in [0.4, 0.5) is 4.39 Å². The van der Waals surface area contributed by atoms with Gasteiger partial charge >= 0.3 is 0 Å². The van der Waals surface area contributed by atoms with Crippen molar-refractivity contribution in [1.29, 1.82) is 5.26 Å². The first-order chi connectivity index (χ1) is 10.7. The summed E-state index contributed by atoms with van der Waals surface area (Å²) >= 11 is 0. The summed E-state index contributed by atoms with van der Waals surface area (Å²) in [4.78, 5) is 4.49. The number of nitrogens with one attached hydrogen (secondary N) is 1. The van der Waals surface area contributed by atoms with E-state index in [0.29, 0.717) is 17.7 Å². The number of benzene rings is 1. The van der Waals surface area contributed by atoms with Crippen molar-refractivity contribution >= 4 is 0 Å². The van der Waals surface area contributed by atoms with Crippen molar-refractivity contribution in [1.82, 2.24) is 20.1 Å². The first-order valence-electron chi connectivity index (χ1n) is 7.54. The highest BCUT2D eigenvalue weighted by Crippen LogP contribution is 2.15. The van der Waals surface area contributed by atoms with Crippen LogP contribution in [0.1, 0.15) is 36.1 Å². The summed E-state index contributed by atoms with van der Waals surface area (Å²) in [5.74, 6) is 1.59. The minimum Gasteiger partial charge on any atom is -0.308 e. The second kappa shape index (κ2) is 6.24. The maximum Gasteiger partial charge on any atom is 0.150 e. The average molecular weight is 299 g/mol. The molecule has 6 heteroatoms. The van der Waals surface area contributed by atoms with Gasteiger partial charge < -0.3 is 5.32 Å². The zero-order valence-corrected chi connectivity index (χ0v) is 12.5. The van der Waals surface area contributed by atoms with E-state index >= 15 is 0 Å². The molecule has 1 aliphatic heterocycles. The molecule has 0 saturated heterocycles. The molecule has 2 heterocycles. The van der Waals surface area contributed by atoms with Gasteiger partial charge in [-0.05, 0) is 18.6 Å². The number of fused-ring (bicyclic) bond motifs is 1. The van der Waals surface area contributed by atoms with Crippen molar-refractivity contribution < 1.29 is 4.39 Å². The summed E-state index contributed by atoms with van der Waals surface area (Å²) in [7, 11) is 0. The molecule has 5 nitrogen and oxygen atoms in total. The highest BCUT2D eigenvalue weighted by Gasteiger charge is 2.21. The molecule has 1 N–H and O–H groups in total. The third-order valence-electron chi connectivity index (χ3n) is 3.98. The summed E-state index contributed by atoms with van der Waals surface area (Å²) < 4.78 is 15.8. The zero-order valence-electron chi connectivity index (χ0n) is 12.5. The molecular formula is C16H18FN5. The predicted octanol–water partition coefficient (Wildman–Crippen LogP) is 1.96. The highest BCUT2D eigenvalue weighted by atomic mass is 19.1. The first-order valence-corrected chi connectivity index (χ1v) is 7.54. The van der Waals surface area contributed by atoms with Crippen molar-refractivity contribution in [2.45, 2.75) is 45.3 Å². The van der Waals surface area contributed by atoms with Crippen molar-refractivity contribution in [2.24, 2.45) is 0 Å². The fraction of sp³-hybridized carbons (Fsp3) is 0.438. The quantitative estimate of drug-likeness (QED) is 0.937. The average Bonchev–Trinajstić information content (AvgIpc) is 2.96. The molecule has 1 aromatic heterocycles. The van der Waals surface area contributed by atoms with Gasteiger partial charge in [-0.3, -0.25) is 0 Å². The van der Waals surface area contributed by atoms with Gasteiger partial charge in [0.05, 0.1) is 18.2 Å². The highest BCUT2D eigenvalue weighted by molar-refractivity contribution is 5.32. The van der Waals surface area contributed by atoms with Crippen molar-refractivity contribution in [2.75, 3.05) is 0 Å². The lowest BCUT2D eigenvalue weighted by atomic mass is 10.1. The molecule has 1 atom stereocenters. The van der Waals surface area contributed by atoms with Crippen LogP contribution in [0, 0.1) is 17.1 Å². The summed E-state index contributed by atoms with van der Waals surface area (Å²) in [6.45, 7) is 3.26. The Labute approximate surface area is 128 Å². The van der Waals surface area contributed by atoms with Crippen LogP contribution in [0.25, 0.3) is 0 Å². The van der Waals surface area contributed by atoms with Crippen LogP contribution in [0.5, 0.6) is 0 Å². The maximum absolute atomic E-state index is 13.9. The molecule has 0 aliphatic carbocycles. The van der Waals surface area contributed by atoms with E-state index in [2.05, 4.69) is 15.4 Å². The third kappa shape index (κ3) is 3.00. The Morgan fingerprint density at radius 2 is 2.36 bits per heavy atom. The molecule has 114 valence electrons. The molecule has 0 fully saturated rings. The SMILES string of the molecule is CCc1nc2n(n1)C[C@@H](NCc1ccc(C#N)cc1F)CC2. The standard InChI is InChI=1S/C16H18FN5/c1-2-15-20-16-6-5-13(10-22(16)21-15)19-9-12-4-3-11(8-18)7-14(12)17/h3-4,7,13,19H,2,5-6,9-10H2,1H3/t13-/m0/s1. The molecule has 3 rings (SSSR count). The number of nitrogens with zero attached hydrogens (tertiary/aromatic N) is 4. The Kier molecular flexibility index (Phi) is 4.16. The Balaban J connectivity index is 1.62. The normalized spacial score (nSPS) is 17.0. The lowest BCUT2D eigenvalue weighted by Crippen LogP contribution is -2.37. The molecule has 0 spiro atoms. The second-order valence-corrected chi connectivity index (χ2v) is 5.51. The molecular weight excluding hydrogens is 281 g/mol. The number of halogens is 1. The number of nitriles is 1. The maximum atomic E-state index is 13.9. The number of rotatable bonds is 4. The molecule has 0 radical (unpaired) electrons. The van der Waals surface area contributed by atoms with E-state index in [0.717, 1.165) is 37.5 Å². The van der Waals surface area contributed by atoms with Gasteiger partial charge in [0.1, 0.15) is 11.6 Å². The van der Waals surface area contributed by atoms with E-state index in [-0.39, 0.29) is 11.9 Å². The Hall–Kier alpha value is -2.26. The van der Waals surface area contributed by atoms with Crippen LogP contribution in [-0.2, 0) is 25.9 Å². The fourth-order valence-corrected chi connectivity index (χ4v) is 2.69. The van der Waals surface area contributed by atoms with Crippen LogP contribution in [0.15, 0.2) is 18.2 Å². The second-order valence-electron chi connectivity index (χ2n) is 5.51. The third-order valence-corrected chi connectivity index (χ3v) is 3.98. The summed E-state index contributed by atoms with van der Waals surface area (Å²) in [6.07, 6.45) is 2.70. The van der Waals surface area contributed by atoms with E-state index in [1.54, 1.807) is 12.1 Å². The van der Waals surface area contributed by atoms with Crippen molar-refractivity contribution in [3.8, 4) is 6.07 Å². The number of aryl methyl sites for hydroxylation is 2. The Bertz CT molecular complexity index is 716. The molecule has 1 aromatic carbocycles. The van der Waals surface area contributed by atoms with E-state index in [1.165, 1.54) is 6.07 Å². The number of hydrogen-bond donors (Lipinski definition) is 1. The van der Waals surface area contributed by atoms with Gasteiger partial charge in [0, 0.05) is 31.0 Å². The lowest BCUT2D eigenvalue weighted by Gasteiger charge is -2.23. The summed E-state index contributed by atoms with van der Waals surface area (Å²) in [5, 5.41) is 16.6. The Morgan fingerprint density at radius 1 is 1.50 bits per heavy atom. The topological polar surface area (TPSA) is 66.5 Å². The van der Waals surface area contributed by atoms with Gasteiger partial charge in [-0.2, -0.15) is 10.4 Å². The molecule has 0 bridgehead atoms. The minimum absolute atomic E-state index is 0.258. The van der Waals surface area contributed by atoms with E-state index in [9.17, 15) is 4.39 Å². The molecule has 0 saturated carbocycles. The van der Waals surface area contributed by atoms with Gasteiger partial charge in [0.25, 0.3) is 0 Å². The van der Waals surface area contributed by atoms with Gasteiger partial charge in [-0.25, -0.2) is 14.1 Å². The smallest absolute Gasteiger partial charge is 0.150 e. The van der Waals surface area contributed by atoms with Gasteiger partial charge in [-0.1, -0.05) is 13.0 Å². The van der Waals surface area contributed by atoms with Crippen LogP contribution in [0.2, 0.25) is 0 Å². The minimum atomic E-state index is -0.336. The predicted molar refractivity (Wildman–Crippen MR) is 79.5 cm³/mol. The first kappa shape index (κ1) is 14.7. The fourth-order valence-electron chi connectivity index (χ4n) is 2.69. The van der Waals surface area contributed by atoms with Crippen LogP contribution < -0.4 is 5.32 Å². The van der Waals surface area contributed by atoms with Gasteiger partial charge in [0.15, 0.2) is 5.82 Å². The van der Waals surface area contributed by atoms with E-state index in [1.807, 2.05) is 17.7 Å². The van der Waals surface area contributed by atoms with Crippen molar-refractivity contribution in [3.63, 3.8) is 0 Å². The van der Waals surface area contributed by atoms with Gasteiger partial charge in [0.2, 0.25) is 0 Å². The zero-order chi connectivity index (χ0) is 15.5. The van der Waals surface area contributed by atoms with E-state index < -0.39 is 0 Å². The largest absolute Gasteiger partial charge is 0.308 e. The summed E-state index contributed by atoms with van der Waals surface area (Å²) in [6, 6.07) is 6.79. The van der Waals surface area contributed by atoms with Gasteiger partial charge in [-0.15, -0.1) is 0 Å².